The minimum Gasteiger partial charge on any atom is -0.323 e. The van der Waals surface area contributed by atoms with Crippen LogP contribution in [0.5, 0.6) is 0 Å². The van der Waals surface area contributed by atoms with E-state index in [4.69, 9.17) is 17.3 Å². The van der Waals surface area contributed by atoms with Crippen LogP contribution < -0.4 is 5.73 Å². The van der Waals surface area contributed by atoms with Crippen molar-refractivity contribution in [1.82, 2.24) is 0 Å². The molecule has 0 aliphatic carbocycles. The third kappa shape index (κ3) is 3.95. The topological polar surface area (TPSA) is 26.0 Å². The van der Waals surface area contributed by atoms with Crippen molar-refractivity contribution in [2.75, 3.05) is 0 Å². The fourth-order valence-corrected chi connectivity index (χ4v) is 2.15. The van der Waals surface area contributed by atoms with Crippen molar-refractivity contribution >= 4 is 39.9 Å². The molecule has 0 bridgehead atoms. The average molecular weight is 313 g/mol. The first-order valence-corrected chi connectivity index (χ1v) is 5.70. The average Bonchev–Trinajstić information content (AvgIpc) is 2.01. The predicted molar refractivity (Wildman–Crippen MR) is 72.8 cm³/mol. The van der Waals surface area contributed by atoms with Gasteiger partial charge in [0.25, 0.3) is 0 Å². The van der Waals surface area contributed by atoms with E-state index in [2.05, 4.69) is 36.7 Å². The van der Waals surface area contributed by atoms with Gasteiger partial charge in [0, 0.05) is 15.5 Å². The lowest BCUT2D eigenvalue weighted by atomic mass is 9.83. The molecule has 0 amide bonds. The quantitative estimate of drug-likeness (QED) is 0.807. The van der Waals surface area contributed by atoms with Gasteiger partial charge in [-0.15, -0.1) is 12.4 Å². The Hall–Kier alpha value is 0.240. The first-order valence-electron chi connectivity index (χ1n) is 4.53. The lowest BCUT2D eigenvalue weighted by Gasteiger charge is -2.28. The molecule has 1 rings (SSSR count). The zero-order valence-corrected chi connectivity index (χ0v) is 12.2. The van der Waals surface area contributed by atoms with Crippen LogP contribution in [0.2, 0.25) is 5.02 Å². The second-order valence-electron chi connectivity index (χ2n) is 4.51. The van der Waals surface area contributed by atoms with E-state index in [9.17, 15) is 0 Å². The fourth-order valence-electron chi connectivity index (χ4n) is 1.22. The predicted octanol–water partition coefficient (Wildman–Crippen LogP) is 4.57. The number of hydrogen-bond acceptors (Lipinski definition) is 1. The molecule has 1 nitrogen and oxygen atoms in total. The molecule has 2 N–H and O–H groups in total. The van der Waals surface area contributed by atoms with Gasteiger partial charge in [-0.25, -0.2) is 0 Å². The molecule has 0 aromatic heterocycles. The molecule has 15 heavy (non-hydrogen) atoms. The Morgan fingerprint density at radius 2 is 1.87 bits per heavy atom. The van der Waals surface area contributed by atoms with Crippen LogP contribution in [0, 0.1) is 5.41 Å². The summed E-state index contributed by atoms with van der Waals surface area (Å²) in [5.74, 6) is 0. The van der Waals surface area contributed by atoms with E-state index in [1.165, 1.54) is 0 Å². The number of rotatable bonds is 1. The Labute approximate surface area is 111 Å². The highest BCUT2D eigenvalue weighted by Crippen LogP contribution is 2.35. The SMILES string of the molecule is CC(C)(C)[C@@H](N)c1ccc(Cl)cc1Br.Cl. The molecular formula is C11H16BrCl2N. The Morgan fingerprint density at radius 3 is 2.27 bits per heavy atom. The monoisotopic (exact) mass is 311 g/mol. The molecule has 0 radical (unpaired) electrons. The molecule has 1 aromatic carbocycles. The molecule has 0 aliphatic rings. The van der Waals surface area contributed by atoms with Gasteiger partial charge in [0.05, 0.1) is 0 Å². The fraction of sp³-hybridized carbons (Fsp3) is 0.455. The summed E-state index contributed by atoms with van der Waals surface area (Å²) < 4.78 is 0.979. The minimum absolute atomic E-state index is 0. The number of hydrogen-bond donors (Lipinski definition) is 1. The Morgan fingerprint density at radius 1 is 1.33 bits per heavy atom. The smallest absolute Gasteiger partial charge is 0.0417 e. The van der Waals surface area contributed by atoms with Gasteiger partial charge in [-0.05, 0) is 23.1 Å². The van der Waals surface area contributed by atoms with Gasteiger partial charge >= 0.3 is 0 Å². The lowest BCUT2D eigenvalue weighted by Crippen LogP contribution is -2.26. The molecule has 0 aliphatic heterocycles. The molecule has 0 fully saturated rings. The van der Waals surface area contributed by atoms with Crippen molar-refractivity contribution in [3.63, 3.8) is 0 Å². The summed E-state index contributed by atoms with van der Waals surface area (Å²) in [5.41, 5.74) is 7.30. The van der Waals surface area contributed by atoms with E-state index in [1.54, 1.807) is 0 Å². The van der Waals surface area contributed by atoms with Crippen LogP contribution in [0.15, 0.2) is 22.7 Å². The van der Waals surface area contributed by atoms with Crippen molar-refractivity contribution in [3.8, 4) is 0 Å². The first-order chi connectivity index (χ1) is 6.32. The van der Waals surface area contributed by atoms with Crippen LogP contribution >= 0.6 is 39.9 Å². The third-order valence-electron chi connectivity index (χ3n) is 2.23. The Balaban J connectivity index is 0.00000196. The molecule has 0 spiro atoms. The summed E-state index contributed by atoms with van der Waals surface area (Å²) in [6.07, 6.45) is 0. The normalized spacial score (nSPS) is 13.2. The maximum absolute atomic E-state index is 6.15. The largest absolute Gasteiger partial charge is 0.323 e. The second kappa shape index (κ2) is 5.53. The molecular weight excluding hydrogens is 297 g/mol. The standard InChI is InChI=1S/C11H15BrClN.ClH/c1-11(2,3)10(14)8-5-4-7(13)6-9(8)12;/h4-6,10H,14H2,1-3H3;1H/t10-;/m0./s1. The molecule has 1 aromatic rings. The van der Waals surface area contributed by atoms with Gasteiger partial charge in [0.15, 0.2) is 0 Å². The number of nitrogens with two attached hydrogens (primary N) is 1. The van der Waals surface area contributed by atoms with Crippen molar-refractivity contribution in [2.24, 2.45) is 11.1 Å². The molecule has 0 saturated heterocycles. The summed E-state index contributed by atoms with van der Waals surface area (Å²) in [6, 6.07) is 5.73. The summed E-state index contributed by atoms with van der Waals surface area (Å²) >= 11 is 9.34. The Kier molecular flexibility index (Phi) is 5.62. The summed E-state index contributed by atoms with van der Waals surface area (Å²) in [4.78, 5) is 0. The van der Waals surface area contributed by atoms with Crippen LogP contribution in [0.3, 0.4) is 0 Å². The van der Waals surface area contributed by atoms with Crippen molar-refractivity contribution in [3.05, 3.63) is 33.3 Å². The molecule has 0 heterocycles. The summed E-state index contributed by atoms with van der Waals surface area (Å²) in [5, 5.41) is 0.724. The molecule has 4 heteroatoms. The van der Waals surface area contributed by atoms with Crippen molar-refractivity contribution in [1.29, 1.82) is 0 Å². The zero-order valence-electron chi connectivity index (χ0n) is 9.05. The lowest BCUT2D eigenvalue weighted by molar-refractivity contribution is 0.326. The van der Waals surface area contributed by atoms with Crippen LogP contribution in [-0.4, -0.2) is 0 Å². The second-order valence-corrected chi connectivity index (χ2v) is 5.80. The first kappa shape index (κ1) is 15.2. The maximum Gasteiger partial charge on any atom is 0.0417 e. The van der Waals surface area contributed by atoms with E-state index < -0.39 is 0 Å². The van der Waals surface area contributed by atoms with Gasteiger partial charge in [-0.2, -0.15) is 0 Å². The highest BCUT2D eigenvalue weighted by Gasteiger charge is 2.23. The van der Waals surface area contributed by atoms with E-state index in [-0.39, 0.29) is 23.9 Å². The van der Waals surface area contributed by atoms with Crippen LogP contribution in [-0.2, 0) is 0 Å². The van der Waals surface area contributed by atoms with Gasteiger partial charge in [-0.3, -0.25) is 0 Å². The van der Waals surface area contributed by atoms with E-state index >= 15 is 0 Å². The maximum atomic E-state index is 6.15. The third-order valence-corrected chi connectivity index (χ3v) is 3.15. The van der Waals surface area contributed by atoms with Gasteiger partial charge in [0.2, 0.25) is 0 Å². The molecule has 1 atom stereocenters. The van der Waals surface area contributed by atoms with E-state index in [1.807, 2.05) is 18.2 Å². The van der Waals surface area contributed by atoms with E-state index in [0.717, 1.165) is 15.1 Å². The van der Waals surface area contributed by atoms with Crippen LogP contribution in [0.4, 0.5) is 0 Å². The number of halogens is 3. The summed E-state index contributed by atoms with van der Waals surface area (Å²) in [7, 11) is 0. The highest BCUT2D eigenvalue weighted by atomic mass is 79.9. The van der Waals surface area contributed by atoms with Gasteiger partial charge < -0.3 is 5.73 Å². The van der Waals surface area contributed by atoms with Gasteiger partial charge in [-0.1, -0.05) is 54.4 Å². The zero-order chi connectivity index (χ0) is 10.9. The Bertz CT molecular complexity index is 334. The molecule has 0 unspecified atom stereocenters. The van der Waals surface area contributed by atoms with Crippen LogP contribution in [0.1, 0.15) is 32.4 Å². The minimum atomic E-state index is 0. The van der Waals surface area contributed by atoms with Gasteiger partial charge in [0.1, 0.15) is 0 Å². The molecule has 86 valence electrons. The summed E-state index contributed by atoms with van der Waals surface area (Å²) in [6.45, 7) is 6.37. The number of benzene rings is 1. The van der Waals surface area contributed by atoms with Crippen molar-refractivity contribution < 1.29 is 0 Å². The highest BCUT2D eigenvalue weighted by molar-refractivity contribution is 9.10. The van der Waals surface area contributed by atoms with Crippen molar-refractivity contribution in [2.45, 2.75) is 26.8 Å². The van der Waals surface area contributed by atoms with Crippen LogP contribution in [0.25, 0.3) is 0 Å². The molecule has 0 saturated carbocycles. The van der Waals surface area contributed by atoms with E-state index in [0.29, 0.717) is 0 Å².